The molecule has 0 saturated carbocycles. The second kappa shape index (κ2) is 20.4. The molecule has 66 heavy (non-hydrogen) atoms. The van der Waals surface area contributed by atoms with Gasteiger partial charge in [0.2, 0.25) is 11.8 Å². The zero-order valence-electron chi connectivity index (χ0n) is 37.3. The number of halogens is 3. The van der Waals surface area contributed by atoms with Gasteiger partial charge in [-0.15, -0.1) is 0 Å². The number of amides is 4. The number of fused-ring (bicyclic) bond motifs is 1. The maximum absolute atomic E-state index is 13.7. The first-order chi connectivity index (χ1) is 31.3. The van der Waals surface area contributed by atoms with Crippen LogP contribution in [0.4, 0.5) is 22.8 Å². The number of benzene rings is 2. The number of aliphatic carboxylic acids is 1. The lowest BCUT2D eigenvalue weighted by Crippen LogP contribution is -2.51. The summed E-state index contributed by atoms with van der Waals surface area (Å²) in [5, 5.41) is 19.5. The largest absolute Gasteiger partial charge is 0.490 e. The van der Waals surface area contributed by atoms with Gasteiger partial charge in [-0.25, -0.2) is 29.3 Å². The summed E-state index contributed by atoms with van der Waals surface area (Å²) >= 11 is 0. The number of likely N-dealkylation sites (tertiary alicyclic amines) is 2. The molecule has 0 aliphatic carbocycles. The molecule has 21 heteroatoms. The highest BCUT2D eigenvalue weighted by atomic mass is 19.4. The lowest BCUT2D eigenvalue weighted by molar-refractivity contribution is -0.192. The third-order valence-electron chi connectivity index (χ3n) is 12.0. The molecule has 3 aromatic heterocycles. The number of aromatic amines is 2. The summed E-state index contributed by atoms with van der Waals surface area (Å²) in [6.45, 7) is 8.77. The number of rotatable bonds is 12. The van der Waals surface area contributed by atoms with Gasteiger partial charge in [-0.05, 0) is 49.7 Å². The van der Waals surface area contributed by atoms with Crippen LogP contribution in [0.2, 0.25) is 0 Å². The minimum absolute atomic E-state index is 0.0697. The van der Waals surface area contributed by atoms with Crippen molar-refractivity contribution in [2.24, 2.45) is 11.8 Å². The maximum atomic E-state index is 13.7. The van der Waals surface area contributed by atoms with Crippen LogP contribution < -0.4 is 5.32 Å². The number of nitrogens with one attached hydrogen (secondary N) is 3. The first-order valence-corrected chi connectivity index (χ1v) is 21.5. The molecule has 2 aliphatic rings. The Kier molecular flexibility index (Phi) is 15.0. The van der Waals surface area contributed by atoms with Crippen molar-refractivity contribution in [1.29, 1.82) is 0 Å². The fourth-order valence-electron chi connectivity index (χ4n) is 8.30. The molecule has 0 unspecified atom stereocenters. The molecule has 2 saturated heterocycles. The van der Waals surface area contributed by atoms with Gasteiger partial charge in [0.15, 0.2) is 0 Å². The molecule has 0 radical (unpaired) electrons. The number of carbonyl (C=O) groups excluding carboxylic acids is 3. The van der Waals surface area contributed by atoms with E-state index in [2.05, 4.69) is 20.3 Å². The predicted octanol–water partition coefficient (Wildman–Crippen LogP) is 7.44. The van der Waals surface area contributed by atoms with Crippen molar-refractivity contribution in [2.75, 3.05) is 27.2 Å². The second-order valence-corrected chi connectivity index (χ2v) is 16.7. The van der Waals surface area contributed by atoms with Gasteiger partial charge >= 0.3 is 24.3 Å². The molecule has 2 aliphatic heterocycles. The molecule has 352 valence electrons. The van der Waals surface area contributed by atoms with Gasteiger partial charge in [-0.1, -0.05) is 64.4 Å². The number of aromatic nitrogens is 6. The molecule has 5 heterocycles. The summed E-state index contributed by atoms with van der Waals surface area (Å²) < 4.78 is 36.5. The fraction of sp³-hybridized carbons (Fsp3) is 0.444. The van der Waals surface area contributed by atoms with E-state index in [-0.39, 0.29) is 35.7 Å². The van der Waals surface area contributed by atoms with Crippen LogP contribution in [0.1, 0.15) is 83.5 Å². The molecule has 4 amide bonds. The molecule has 2 fully saturated rings. The van der Waals surface area contributed by atoms with Crippen LogP contribution in [0.5, 0.6) is 0 Å². The van der Waals surface area contributed by atoms with Crippen molar-refractivity contribution in [3.8, 4) is 33.8 Å². The zero-order chi connectivity index (χ0) is 48.0. The highest BCUT2D eigenvalue weighted by Crippen LogP contribution is 2.35. The van der Waals surface area contributed by atoms with E-state index < -0.39 is 36.4 Å². The molecule has 5 atom stereocenters. The molecule has 5 aromatic rings. The van der Waals surface area contributed by atoms with Gasteiger partial charge in [-0.2, -0.15) is 13.2 Å². The molecule has 7 rings (SSSR count). The normalized spacial score (nSPS) is 17.5. The van der Waals surface area contributed by atoms with Crippen LogP contribution in [0.15, 0.2) is 61.1 Å². The molecule has 18 nitrogen and oxygen atoms in total. The Hall–Kier alpha value is -7.06. The number of carboxylic acids is 1. The number of H-pyrrole nitrogens is 2. The molecular formula is C45H53F3N10O8. The van der Waals surface area contributed by atoms with Gasteiger partial charge in [0.05, 0.1) is 59.7 Å². The van der Waals surface area contributed by atoms with Crippen LogP contribution in [0, 0.1) is 11.8 Å². The van der Waals surface area contributed by atoms with Crippen LogP contribution >= 0.6 is 0 Å². The van der Waals surface area contributed by atoms with E-state index in [1.165, 1.54) is 14.2 Å². The lowest BCUT2D eigenvalue weighted by atomic mass is 9.97. The van der Waals surface area contributed by atoms with Crippen molar-refractivity contribution >= 4 is 41.0 Å². The number of imidazole rings is 2. The summed E-state index contributed by atoms with van der Waals surface area (Å²) in [6, 6.07) is 11.8. The number of carbonyl (C=O) groups is 5. The number of alkyl carbamates (subject to hydrolysis) is 1. The average molecular weight is 919 g/mol. The highest BCUT2D eigenvalue weighted by molar-refractivity contribution is 5.87. The summed E-state index contributed by atoms with van der Waals surface area (Å²) in [7, 11) is 2.74. The van der Waals surface area contributed by atoms with Gasteiger partial charge in [0.1, 0.15) is 23.7 Å². The summed E-state index contributed by atoms with van der Waals surface area (Å²) in [5.41, 5.74) is 6.40. The third-order valence-corrected chi connectivity index (χ3v) is 12.0. The van der Waals surface area contributed by atoms with E-state index in [0.29, 0.717) is 24.7 Å². The quantitative estimate of drug-likeness (QED) is 0.0821. The van der Waals surface area contributed by atoms with E-state index in [1.807, 2.05) is 81.3 Å². The average Bonchev–Trinajstić information content (AvgIpc) is 4.14. The Balaban J connectivity index is 0.000000952. The first kappa shape index (κ1) is 48.4. The van der Waals surface area contributed by atoms with Crippen molar-refractivity contribution < 1.29 is 52.1 Å². The number of methoxy groups -OCH3 is 1. The summed E-state index contributed by atoms with van der Waals surface area (Å²) in [4.78, 5) is 90.6. The third kappa shape index (κ3) is 10.7. The minimum Gasteiger partial charge on any atom is -0.475 e. The van der Waals surface area contributed by atoms with Crippen LogP contribution in [-0.4, -0.2) is 130 Å². The Morgan fingerprint density at radius 1 is 0.848 bits per heavy atom. The van der Waals surface area contributed by atoms with Crippen molar-refractivity contribution in [2.45, 2.75) is 90.1 Å². The Labute approximate surface area is 378 Å². The van der Waals surface area contributed by atoms with E-state index in [4.69, 9.17) is 29.6 Å². The second-order valence-electron chi connectivity index (χ2n) is 16.7. The zero-order valence-corrected chi connectivity index (χ0v) is 37.3. The maximum Gasteiger partial charge on any atom is 0.490 e. The van der Waals surface area contributed by atoms with E-state index in [1.54, 1.807) is 17.3 Å². The minimum atomic E-state index is -5.08. The molecule has 2 aromatic carbocycles. The van der Waals surface area contributed by atoms with Crippen LogP contribution in [0.25, 0.3) is 44.8 Å². The van der Waals surface area contributed by atoms with Crippen LogP contribution in [-0.2, 0) is 19.1 Å². The van der Waals surface area contributed by atoms with Crippen LogP contribution in [0.3, 0.4) is 0 Å². The number of ether oxygens (including phenoxy) is 1. The van der Waals surface area contributed by atoms with Gasteiger partial charge in [0, 0.05) is 43.0 Å². The molecular weight excluding hydrogens is 866 g/mol. The summed E-state index contributed by atoms with van der Waals surface area (Å²) in [5.74, 6) is -1.98. The van der Waals surface area contributed by atoms with Gasteiger partial charge < -0.3 is 40.0 Å². The number of carboxylic acid groups (broad SMARTS) is 2. The van der Waals surface area contributed by atoms with Gasteiger partial charge in [0.25, 0.3) is 0 Å². The number of likely N-dealkylation sites (N-methyl/N-ethyl adjacent to an activating group) is 1. The number of alkyl halides is 3. The lowest BCUT2D eigenvalue weighted by Gasteiger charge is -2.33. The Morgan fingerprint density at radius 2 is 1.44 bits per heavy atom. The molecule has 0 spiro atoms. The summed E-state index contributed by atoms with van der Waals surface area (Å²) in [6.07, 6.45) is 2.38. The molecule has 0 bridgehead atoms. The number of hydrogen-bond donors (Lipinski definition) is 5. The smallest absolute Gasteiger partial charge is 0.475 e. The molecule has 5 N–H and O–H groups in total. The number of hydrogen-bond acceptors (Lipinski definition) is 10. The standard InChI is InChI=1S/C43H52N10O6.C2HF3O2/c1-7-25(4)36(50-42(56)59-6)40(54)52-18-8-10-34(52)38-46-23-33(49-38)28-16-17-29-30(20-28)44-21-31(47-29)26-12-14-27(15-13-26)32-22-45-39(48-32)35-11-9-19-53(35)41(55)37(24(2)3)51(5)43(57)58;3-2(4,5)1(6)7/h12-17,20-25,34-37H,7-11,18-19H2,1-6H3,(H,45,48)(H,46,49)(H,50,56)(H,57,58);(H,6,7)/t25-,34-,35-,36-,37-;/m0./s1. The topological polar surface area (TPSA) is 240 Å². The highest BCUT2D eigenvalue weighted by Gasteiger charge is 2.41. The van der Waals surface area contributed by atoms with Crippen molar-refractivity contribution in [3.63, 3.8) is 0 Å². The predicted molar refractivity (Wildman–Crippen MR) is 234 cm³/mol. The monoisotopic (exact) mass is 918 g/mol. The fourth-order valence-corrected chi connectivity index (χ4v) is 8.30. The first-order valence-electron chi connectivity index (χ1n) is 21.5. The van der Waals surface area contributed by atoms with Crippen molar-refractivity contribution in [3.05, 3.63) is 72.7 Å². The van der Waals surface area contributed by atoms with E-state index in [0.717, 1.165) is 81.8 Å². The SMILES string of the molecule is CC[C@H](C)[C@H](NC(=O)OC)C(=O)N1CCC[C@H]1c1ncc(-c2ccc3nc(-c4ccc(-c5c[nH]c([C@@H]6CCCN6C(=O)[C@H](C(C)C)N(C)C(=O)O)n5)cc4)cnc3c2)[nH]1.O=C(O)C(F)(F)F. The van der Waals surface area contributed by atoms with Gasteiger partial charge in [-0.3, -0.25) is 19.5 Å². The van der Waals surface area contributed by atoms with E-state index >= 15 is 0 Å². The van der Waals surface area contributed by atoms with Crippen molar-refractivity contribution in [1.82, 2.24) is 49.9 Å². The van der Waals surface area contributed by atoms with E-state index in [9.17, 15) is 37.5 Å². The Bertz CT molecular complexity index is 2550. The Morgan fingerprint density at radius 3 is 2.02 bits per heavy atom. The number of nitrogens with zero attached hydrogens (tertiary/aromatic N) is 7.